The summed E-state index contributed by atoms with van der Waals surface area (Å²) in [7, 11) is 1.44. The molecule has 0 bridgehead atoms. The van der Waals surface area contributed by atoms with Crippen LogP contribution in [0.5, 0.6) is 0 Å². The Hall–Kier alpha value is -5.15. The molecule has 0 rings (SSSR count). The summed E-state index contributed by atoms with van der Waals surface area (Å²) >= 11 is 0. The van der Waals surface area contributed by atoms with Crippen molar-refractivity contribution < 1.29 is 42.1 Å². The Labute approximate surface area is 564 Å². The number of hydrogen-bond donors (Lipinski definition) is 1. The van der Waals surface area contributed by atoms with Crippen LogP contribution in [0.1, 0.15) is 258 Å². The molecule has 0 saturated heterocycles. The largest absolute Gasteiger partial charge is 0.472 e. The van der Waals surface area contributed by atoms with E-state index in [1.807, 2.05) is 21.1 Å². The highest BCUT2D eigenvalue weighted by Gasteiger charge is 2.27. The molecule has 0 aromatic rings. The van der Waals surface area contributed by atoms with Gasteiger partial charge in [0, 0.05) is 12.8 Å². The lowest BCUT2D eigenvalue weighted by atomic mass is 10.0. The predicted octanol–water partition coefficient (Wildman–Crippen LogP) is 24.0. The summed E-state index contributed by atoms with van der Waals surface area (Å²) in [6.07, 6.45) is 110. The molecule has 0 fully saturated rings. The molecule has 0 radical (unpaired) electrons. The molecular formula is C82H133NO8P+. The van der Waals surface area contributed by atoms with E-state index in [1.165, 1.54) is 70.6 Å². The molecule has 0 saturated carbocycles. The van der Waals surface area contributed by atoms with Gasteiger partial charge in [0.05, 0.1) is 27.7 Å². The Bertz CT molecular complexity index is 2260. The number of phosphoric ester groups is 1. The number of hydrogen-bond acceptors (Lipinski definition) is 7. The van der Waals surface area contributed by atoms with E-state index in [0.717, 1.165) is 154 Å². The first kappa shape index (κ1) is 86.9. The van der Waals surface area contributed by atoms with Crippen LogP contribution in [-0.4, -0.2) is 74.9 Å². The van der Waals surface area contributed by atoms with Gasteiger partial charge >= 0.3 is 19.8 Å². The summed E-state index contributed by atoms with van der Waals surface area (Å²) in [6.45, 7) is 4.17. The lowest BCUT2D eigenvalue weighted by Crippen LogP contribution is -2.37. The zero-order valence-electron chi connectivity index (χ0n) is 59.0. The summed E-state index contributed by atoms with van der Waals surface area (Å²) < 4.78 is 34.7. The van der Waals surface area contributed by atoms with Crippen LogP contribution in [0.4, 0.5) is 0 Å². The average molecular weight is 1290 g/mol. The van der Waals surface area contributed by atoms with Gasteiger partial charge in [0.25, 0.3) is 0 Å². The van der Waals surface area contributed by atoms with Gasteiger partial charge in [0.15, 0.2) is 6.10 Å². The molecule has 9 nitrogen and oxygen atoms in total. The number of esters is 2. The van der Waals surface area contributed by atoms with Crippen molar-refractivity contribution in [1.82, 2.24) is 0 Å². The quantitative estimate of drug-likeness (QED) is 0.0211. The van der Waals surface area contributed by atoms with Gasteiger partial charge in [-0.1, -0.05) is 298 Å². The monoisotopic (exact) mass is 1290 g/mol. The molecule has 2 atom stereocenters. The molecule has 0 spiro atoms. The minimum Gasteiger partial charge on any atom is -0.462 e. The Balaban J connectivity index is 4.17. The van der Waals surface area contributed by atoms with E-state index in [2.05, 4.69) is 208 Å². The second-order valence-corrected chi connectivity index (χ2v) is 26.0. The highest BCUT2D eigenvalue weighted by molar-refractivity contribution is 7.47. The fourth-order valence-electron chi connectivity index (χ4n) is 9.16. The van der Waals surface area contributed by atoms with E-state index in [1.54, 1.807) is 0 Å². The van der Waals surface area contributed by atoms with Gasteiger partial charge in [-0.05, 0) is 141 Å². The van der Waals surface area contributed by atoms with E-state index < -0.39 is 26.5 Å². The molecule has 518 valence electrons. The minimum atomic E-state index is -4.41. The van der Waals surface area contributed by atoms with Crippen LogP contribution in [0, 0.1) is 0 Å². The second kappa shape index (κ2) is 70.2. The zero-order valence-corrected chi connectivity index (χ0v) is 59.8. The van der Waals surface area contributed by atoms with Crippen molar-refractivity contribution in [3.8, 4) is 0 Å². The van der Waals surface area contributed by atoms with Gasteiger partial charge in [0.2, 0.25) is 0 Å². The van der Waals surface area contributed by atoms with Crippen molar-refractivity contribution in [2.45, 2.75) is 264 Å². The molecule has 0 aromatic carbocycles. The summed E-state index contributed by atoms with van der Waals surface area (Å²) in [5.74, 6) is -0.832. The van der Waals surface area contributed by atoms with Crippen molar-refractivity contribution >= 4 is 19.8 Å². The highest BCUT2D eigenvalue weighted by atomic mass is 31.2. The normalized spacial score (nSPS) is 14.3. The summed E-state index contributed by atoms with van der Waals surface area (Å²) in [4.78, 5) is 35.9. The van der Waals surface area contributed by atoms with Crippen molar-refractivity contribution in [1.29, 1.82) is 0 Å². The number of ether oxygens (including phenoxy) is 2. The van der Waals surface area contributed by atoms with Crippen LogP contribution in [-0.2, 0) is 32.7 Å². The van der Waals surface area contributed by atoms with Crippen molar-refractivity contribution in [3.05, 3.63) is 194 Å². The molecular weight excluding hydrogens is 1160 g/mol. The third-order valence-electron chi connectivity index (χ3n) is 14.6. The van der Waals surface area contributed by atoms with Crippen LogP contribution >= 0.6 is 7.82 Å². The number of nitrogens with zero attached hydrogens (tertiary/aromatic N) is 1. The molecule has 0 aliphatic heterocycles. The summed E-state index contributed by atoms with van der Waals surface area (Å²) in [5, 5.41) is 0. The van der Waals surface area contributed by atoms with Crippen molar-refractivity contribution in [2.75, 3.05) is 47.5 Å². The van der Waals surface area contributed by atoms with Crippen LogP contribution < -0.4 is 0 Å². The maximum absolute atomic E-state index is 12.9. The van der Waals surface area contributed by atoms with Crippen LogP contribution in [0.3, 0.4) is 0 Å². The van der Waals surface area contributed by atoms with E-state index in [4.69, 9.17) is 18.5 Å². The van der Waals surface area contributed by atoms with Crippen molar-refractivity contribution in [2.24, 2.45) is 0 Å². The smallest absolute Gasteiger partial charge is 0.462 e. The van der Waals surface area contributed by atoms with Gasteiger partial charge in [-0.3, -0.25) is 18.6 Å². The minimum absolute atomic E-state index is 0.0173. The topological polar surface area (TPSA) is 108 Å². The number of quaternary nitrogens is 1. The molecule has 0 aromatic heterocycles. The molecule has 0 heterocycles. The molecule has 0 aliphatic rings. The lowest BCUT2D eigenvalue weighted by Gasteiger charge is -2.24. The number of likely N-dealkylation sites (N-methyl/N-ethyl adjacent to an activating group) is 1. The predicted molar refractivity (Wildman–Crippen MR) is 399 cm³/mol. The van der Waals surface area contributed by atoms with Gasteiger partial charge < -0.3 is 18.9 Å². The van der Waals surface area contributed by atoms with E-state index in [0.29, 0.717) is 17.4 Å². The van der Waals surface area contributed by atoms with Gasteiger partial charge in [0.1, 0.15) is 19.8 Å². The van der Waals surface area contributed by atoms with Crippen LogP contribution in [0.15, 0.2) is 194 Å². The van der Waals surface area contributed by atoms with Crippen LogP contribution in [0.25, 0.3) is 0 Å². The fourth-order valence-corrected chi connectivity index (χ4v) is 9.91. The van der Waals surface area contributed by atoms with Crippen molar-refractivity contribution in [3.63, 3.8) is 0 Å². The summed E-state index contributed by atoms with van der Waals surface area (Å²) in [6, 6.07) is 0. The first-order valence-electron chi connectivity index (χ1n) is 36.2. The maximum atomic E-state index is 12.9. The standard InChI is InChI=1S/C82H132NO8P/c1-6-8-10-12-14-16-18-20-22-24-26-28-30-32-34-36-37-38-39-40-41-42-43-44-45-47-49-51-53-55-57-59-61-63-65-67-69-71-73-75-82(85)91-80(79-90-92(86,87)89-77-76-83(3,4)5)78-88-81(84)74-72-70-68-66-64-62-60-58-56-54-52-50-48-46-35-33-31-29-27-25-23-21-19-17-15-13-11-9-7-2/h8-11,14-17,20-23,26-29,32-35,37-38,40-41,43-44,47,49,53,55,59,61,80H,6-7,12-13,18-19,24-25,30-31,36,39,42,45-46,48,50-52,54,56-58,60,62-79H2,1-5H3/p+1/b10-8-,11-9-,16-14-,17-15-,22-20-,23-21-,28-26-,29-27-,34-32-,35-33-,38-37-,41-40-,44-43-,49-47-,55-53-,61-59-. The number of carbonyl (C=O) groups is 2. The Morgan fingerprint density at radius 2 is 0.587 bits per heavy atom. The zero-order chi connectivity index (χ0) is 66.9. The summed E-state index contributed by atoms with van der Waals surface area (Å²) in [5.41, 5.74) is 0. The van der Waals surface area contributed by atoms with Gasteiger partial charge in [-0.25, -0.2) is 4.57 Å². The van der Waals surface area contributed by atoms with Crippen LogP contribution in [0.2, 0.25) is 0 Å². The number of phosphoric acid groups is 1. The average Bonchev–Trinajstić information content (AvgIpc) is 2.14. The molecule has 92 heavy (non-hydrogen) atoms. The van der Waals surface area contributed by atoms with E-state index in [9.17, 15) is 19.0 Å². The highest BCUT2D eigenvalue weighted by Crippen LogP contribution is 2.43. The third kappa shape index (κ3) is 73.9. The number of allylic oxidation sites excluding steroid dienone is 32. The number of unbranched alkanes of at least 4 members (excludes halogenated alkanes) is 18. The molecule has 1 N–H and O–H groups in total. The Kier molecular flexibility index (Phi) is 66.2. The Morgan fingerprint density at radius 3 is 0.870 bits per heavy atom. The molecule has 0 amide bonds. The second-order valence-electron chi connectivity index (χ2n) is 24.5. The van der Waals surface area contributed by atoms with Gasteiger partial charge in [-0.2, -0.15) is 0 Å². The van der Waals surface area contributed by atoms with Gasteiger partial charge in [-0.15, -0.1) is 0 Å². The van der Waals surface area contributed by atoms with E-state index >= 15 is 0 Å². The molecule has 0 aliphatic carbocycles. The first-order chi connectivity index (χ1) is 45.0. The maximum Gasteiger partial charge on any atom is 0.472 e. The SMILES string of the molecule is CC/C=C\C/C=C\C/C=C\C/C=C\C/C=C\C/C=C\C/C=C\C/C=C\C/C=C\C/C=C\C/C=C\CCCCCCCC(=O)OC(COC(=O)CCCCCCCCCCCCCCC/C=C\C/C=C\C/C=C\C/C=C\C/C=C\CC)COP(=O)(O)OCC[N+](C)(C)C. The molecule has 2 unspecified atom stereocenters. The third-order valence-corrected chi connectivity index (χ3v) is 15.6. The Morgan fingerprint density at radius 1 is 0.337 bits per heavy atom. The fraction of sp³-hybridized carbons (Fsp3) is 0.585. The van der Waals surface area contributed by atoms with E-state index in [-0.39, 0.29) is 32.0 Å². The first-order valence-corrected chi connectivity index (χ1v) is 37.7. The number of rotatable bonds is 64. The lowest BCUT2D eigenvalue weighted by molar-refractivity contribution is -0.870. The number of carbonyl (C=O) groups excluding carboxylic acids is 2. The molecule has 10 heteroatoms.